The molecule has 0 aliphatic carbocycles. The molecule has 3 aromatic heterocycles. The molecule has 170 valence electrons. The Morgan fingerprint density at radius 3 is 2.73 bits per heavy atom. The lowest BCUT2D eigenvalue weighted by molar-refractivity contribution is 0.0680. The van der Waals surface area contributed by atoms with Crippen molar-refractivity contribution < 1.29 is 18.5 Å². The highest BCUT2D eigenvalue weighted by atomic mass is 16.5. The molecule has 1 aliphatic heterocycles. The van der Waals surface area contributed by atoms with Crippen molar-refractivity contribution in [2.24, 2.45) is 7.05 Å². The molecule has 5 rings (SSSR count). The standard InChI is InChI=1S/C24H25N5O4/c1-15-17-5-3-4-6-19(17)32-22(15)24(31)29-10-7-16(8-11-29)18-13-20(33-27-18)23(30)26-14-21-25-9-12-28(21)2/h3-6,9,12-13,16H,7-8,10-11,14H2,1-2H3,(H,26,30). The number of benzene rings is 1. The maximum Gasteiger partial charge on any atom is 0.290 e. The van der Waals surface area contributed by atoms with Gasteiger partial charge in [0.15, 0.2) is 5.76 Å². The van der Waals surface area contributed by atoms with Crippen molar-refractivity contribution in [2.75, 3.05) is 13.1 Å². The Morgan fingerprint density at radius 1 is 1.21 bits per heavy atom. The van der Waals surface area contributed by atoms with E-state index in [0.717, 1.165) is 40.9 Å². The fraction of sp³-hybridized carbons (Fsp3) is 0.333. The van der Waals surface area contributed by atoms with Crippen molar-refractivity contribution in [1.29, 1.82) is 0 Å². The first-order valence-corrected chi connectivity index (χ1v) is 11.0. The summed E-state index contributed by atoms with van der Waals surface area (Å²) in [6, 6.07) is 9.37. The second-order valence-corrected chi connectivity index (χ2v) is 8.37. The van der Waals surface area contributed by atoms with Crippen LogP contribution >= 0.6 is 0 Å². The van der Waals surface area contributed by atoms with Gasteiger partial charge in [-0.15, -0.1) is 0 Å². The lowest BCUT2D eigenvalue weighted by atomic mass is 9.93. The number of imidazole rings is 1. The third-order valence-electron chi connectivity index (χ3n) is 6.32. The number of nitrogens with zero attached hydrogens (tertiary/aromatic N) is 4. The number of carbonyl (C=O) groups excluding carboxylic acids is 2. The molecule has 0 radical (unpaired) electrons. The molecule has 0 unspecified atom stereocenters. The number of nitrogens with one attached hydrogen (secondary N) is 1. The number of rotatable bonds is 5. The van der Waals surface area contributed by atoms with Crippen molar-refractivity contribution in [1.82, 2.24) is 24.9 Å². The van der Waals surface area contributed by atoms with Gasteiger partial charge in [-0.2, -0.15) is 0 Å². The lowest BCUT2D eigenvalue weighted by Gasteiger charge is -2.30. The van der Waals surface area contributed by atoms with Crippen LogP contribution in [0.5, 0.6) is 0 Å². The highest BCUT2D eigenvalue weighted by Gasteiger charge is 2.30. The van der Waals surface area contributed by atoms with Crippen LogP contribution in [-0.2, 0) is 13.6 Å². The second kappa shape index (κ2) is 8.57. The average Bonchev–Trinajstić information content (AvgIpc) is 3.57. The molecule has 9 nitrogen and oxygen atoms in total. The van der Waals surface area contributed by atoms with E-state index in [1.54, 1.807) is 12.3 Å². The number of piperidine rings is 1. The van der Waals surface area contributed by atoms with Crippen molar-refractivity contribution in [3.8, 4) is 0 Å². The molecule has 0 saturated carbocycles. The van der Waals surface area contributed by atoms with E-state index in [1.165, 1.54) is 0 Å². The molecule has 1 aliphatic rings. The molecule has 1 saturated heterocycles. The van der Waals surface area contributed by atoms with Gasteiger partial charge in [-0.05, 0) is 25.8 Å². The van der Waals surface area contributed by atoms with Gasteiger partial charge in [0.2, 0.25) is 5.76 Å². The summed E-state index contributed by atoms with van der Waals surface area (Å²) in [5.41, 5.74) is 2.34. The molecule has 0 spiro atoms. The lowest BCUT2D eigenvalue weighted by Crippen LogP contribution is -2.38. The van der Waals surface area contributed by atoms with Crippen LogP contribution < -0.4 is 5.32 Å². The van der Waals surface area contributed by atoms with E-state index in [0.29, 0.717) is 25.4 Å². The summed E-state index contributed by atoms with van der Waals surface area (Å²) < 4.78 is 13.0. The predicted octanol–water partition coefficient (Wildman–Crippen LogP) is 3.41. The molecule has 4 heterocycles. The molecule has 0 bridgehead atoms. The highest BCUT2D eigenvalue weighted by molar-refractivity contribution is 5.99. The van der Waals surface area contributed by atoms with E-state index < -0.39 is 0 Å². The minimum atomic E-state index is -0.329. The van der Waals surface area contributed by atoms with Gasteiger partial charge in [0.25, 0.3) is 11.8 Å². The summed E-state index contributed by atoms with van der Waals surface area (Å²) in [5, 5.41) is 7.88. The van der Waals surface area contributed by atoms with E-state index >= 15 is 0 Å². The SMILES string of the molecule is Cc1c(C(=O)N2CCC(c3cc(C(=O)NCc4nccn4C)on3)CC2)oc2ccccc12. The molecular formula is C24H25N5O4. The van der Waals surface area contributed by atoms with Crippen LogP contribution in [0.2, 0.25) is 0 Å². The van der Waals surface area contributed by atoms with E-state index in [4.69, 9.17) is 8.94 Å². The van der Waals surface area contributed by atoms with Gasteiger partial charge >= 0.3 is 0 Å². The number of aryl methyl sites for hydroxylation is 2. The number of para-hydroxylation sites is 1. The summed E-state index contributed by atoms with van der Waals surface area (Å²) in [6.07, 6.45) is 4.99. The van der Waals surface area contributed by atoms with E-state index in [-0.39, 0.29) is 23.5 Å². The number of fused-ring (bicyclic) bond motifs is 1. The maximum absolute atomic E-state index is 13.1. The summed E-state index contributed by atoms with van der Waals surface area (Å²) >= 11 is 0. The largest absolute Gasteiger partial charge is 0.451 e. The number of likely N-dealkylation sites (tertiary alicyclic amines) is 1. The minimum Gasteiger partial charge on any atom is -0.451 e. The second-order valence-electron chi connectivity index (χ2n) is 8.37. The minimum absolute atomic E-state index is 0.0864. The van der Waals surface area contributed by atoms with Crippen molar-refractivity contribution in [3.63, 3.8) is 0 Å². The van der Waals surface area contributed by atoms with Gasteiger partial charge in [-0.25, -0.2) is 4.98 Å². The Kier molecular flexibility index (Phi) is 5.45. The number of furan rings is 1. The van der Waals surface area contributed by atoms with Gasteiger partial charge in [0, 0.05) is 55.5 Å². The van der Waals surface area contributed by atoms with Crippen molar-refractivity contribution >= 4 is 22.8 Å². The average molecular weight is 447 g/mol. The topological polar surface area (TPSA) is 106 Å². The molecule has 1 aromatic carbocycles. The Bertz CT molecular complexity index is 1310. The molecule has 0 atom stereocenters. The molecule has 33 heavy (non-hydrogen) atoms. The van der Waals surface area contributed by atoms with Crippen molar-refractivity contribution in [3.05, 3.63) is 71.3 Å². The zero-order valence-corrected chi connectivity index (χ0v) is 18.6. The monoisotopic (exact) mass is 447 g/mol. The number of hydrogen-bond acceptors (Lipinski definition) is 6. The van der Waals surface area contributed by atoms with E-state index in [2.05, 4.69) is 15.5 Å². The molecule has 4 aromatic rings. The number of amides is 2. The molecule has 1 N–H and O–H groups in total. The van der Waals surface area contributed by atoms with Gasteiger partial charge in [0.05, 0.1) is 12.2 Å². The first-order valence-electron chi connectivity index (χ1n) is 11.0. The van der Waals surface area contributed by atoms with Gasteiger partial charge < -0.3 is 23.7 Å². The number of carbonyl (C=O) groups is 2. The zero-order valence-electron chi connectivity index (χ0n) is 18.6. The predicted molar refractivity (Wildman–Crippen MR) is 120 cm³/mol. The Balaban J connectivity index is 1.19. The van der Waals surface area contributed by atoms with Crippen LogP contribution in [0.25, 0.3) is 11.0 Å². The first-order chi connectivity index (χ1) is 16.0. The Morgan fingerprint density at radius 2 is 2.00 bits per heavy atom. The number of hydrogen-bond donors (Lipinski definition) is 1. The van der Waals surface area contributed by atoms with E-state index in [9.17, 15) is 9.59 Å². The third kappa shape index (κ3) is 4.02. The fourth-order valence-corrected chi connectivity index (χ4v) is 4.30. The molecule has 9 heteroatoms. The molecular weight excluding hydrogens is 422 g/mol. The normalized spacial score (nSPS) is 14.7. The van der Waals surface area contributed by atoms with E-state index in [1.807, 2.05) is 53.9 Å². The summed E-state index contributed by atoms with van der Waals surface area (Å²) in [7, 11) is 1.87. The maximum atomic E-state index is 13.1. The third-order valence-corrected chi connectivity index (χ3v) is 6.32. The van der Waals surface area contributed by atoms with Crippen LogP contribution in [-0.4, -0.2) is 44.5 Å². The van der Waals surface area contributed by atoms with Crippen LogP contribution in [0.1, 0.15) is 57.0 Å². The molecule has 1 fully saturated rings. The van der Waals surface area contributed by atoms with Gasteiger partial charge in [-0.3, -0.25) is 9.59 Å². The zero-order chi connectivity index (χ0) is 22.9. The quantitative estimate of drug-likeness (QED) is 0.503. The highest BCUT2D eigenvalue weighted by Crippen LogP contribution is 2.31. The fourth-order valence-electron chi connectivity index (χ4n) is 4.30. The summed E-state index contributed by atoms with van der Waals surface area (Å²) in [6.45, 7) is 3.41. The first kappa shape index (κ1) is 21.0. The van der Waals surface area contributed by atoms with Crippen LogP contribution in [0.15, 0.2) is 51.7 Å². The van der Waals surface area contributed by atoms with Crippen molar-refractivity contribution in [2.45, 2.75) is 32.2 Å². The van der Waals surface area contributed by atoms with Gasteiger partial charge in [-0.1, -0.05) is 23.4 Å². The van der Waals surface area contributed by atoms with Crippen LogP contribution in [0.3, 0.4) is 0 Å². The summed E-state index contributed by atoms with van der Waals surface area (Å²) in [4.78, 5) is 31.5. The number of aromatic nitrogens is 3. The van der Waals surface area contributed by atoms with Gasteiger partial charge in [0.1, 0.15) is 11.4 Å². The Labute approximate surface area is 190 Å². The van der Waals surface area contributed by atoms with Crippen LogP contribution in [0, 0.1) is 6.92 Å². The molecule has 2 amide bonds. The Hall–Kier alpha value is -3.88. The smallest absolute Gasteiger partial charge is 0.290 e. The summed E-state index contributed by atoms with van der Waals surface area (Å²) in [5.74, 6) is 1.05. The van der Waals surface area contributed by atoms with Crippen LogP contribution in [0.4, 0.5) is 0 Å².